The van der Waals surface area contributed by atoms with Gasteiger partial charge in [-0.05, 0) is 25.2 Å². The number of nitrogens with one attached hydrogen (secondary N) is 1. The number of rotatable bonds is 5. The van der Waals surface area contributed by atoms with Gasteiger partial charge in [-0.1, -0.05) is 20.8 Å². The van der Waals surface area contributed by atoms with E-state index in [2.05, 4.69) is 10.4 Å². The predicted octanol–water partition coefficient (Wildman–Crippen LogP) is 3.45. The molecule has 8 heteroatoms. The first-order valence-electron chi connectivity index (χ1n) is 10.1. The van der Waals surface area contributed by atoms with E-state index in [0.29, 0.717) is 31.8 Å². The number of amides is 1. The summed E-state index contributed by atoms with van der Waals surface area (Å²) in [4.78, 5) is 14.2. The molecule has 1 saturated heterocycles. The van der Waals surface area contributed by atoms with Gasteiger partial charge in [0.25, 0.3) is 6.43 Å². The van der Waals surface area contributed by atoms with Gasteiger partial charge in [0.05, 0.1) is 18.7 Å². The van der Waals surface area contributed by atoms with Gasteiger partial charge >= 0.3 is 0 Å². The van der Waals surface area contributed by atoms with Crippen LogP contribution in [0.4, 0.5) is 14.6 Å². The van der Waals surface area contributed by atoms with Gasteiger partial charge < -0.3 is 15.0 Å². The third-order valence-corrected chi connectivity index (χ3v) is 5.84. The lowest BCUT2D eigenvalue weighted by molar-refractivity contribution is -0.134. The number of alkyl halides is 2. The average Bonchev–Trinajstić information content (AvgIpc) is 3.09. The van der Waals surface area contributed by atoms with Crippen molar-refractivity contribution in [2.75, 3.05) is 32.1 Å². The molecule has 158 valence electrons. The zero-order chi connectivity index (χ0) is 20.5. The third-order valence-electron chi connectivity index (χ3n) is 5.84. The van der Waals surface area contributed by atoms with Crippen LogP contribution < -0.4 is 5.32 Å². The van der Waals surface area contributed by atoms with E-state index < -0.39 is 12.5 Å². The highest BCUT2D eigenvalue weighted by Crippen LogP contribution is 2.38. The monoisotopic (exact) mass is 398 g/mol. The van der Waals surface area contributed by atoms with Crippen LogP contribution in [0.5, 0.6) is 0 Å². The van der Waals surface area contributed by atoms with Crippen molar-refractivity contribution in [3.63, 3.8) is 0 Å². The van der Waals surface area contributed by atoms with E-state index in [9.17, 15) is 13.6 Å². The largest absolute Gasteiger partial charge is 0.384 e. The number of carbonyl (C=O) groups excluding carboxylic acids is 1. The Hall–Kier alpha value is -1.70. The van der Waals surface area contributed by atoms with Gasteiger partial charge in [0.2, 0.25) is 5.91 Å². The van der Waals surface area contributed by atoms with Gasteiger partial charge in [0.1, 0.15) is 11.9 Å². The summed E-state index contributed by atoms with van der Waals surface area (Å²) in [5, 5.41) is 7.93. The van der Waals surface area contributed by atoms with Gasteiger partial charge in [-0.25, -0.2) is 13.5 Å². The van der Waals surface area contributed by atoms with Gasteiger partial charge in [0.15, 0.2) is 0 Å². The first-order valence-corrected chi connectivity index (χ1v) is 10.1. The number of likely N-dealkylation sites (tertiary alicyclic amines) is 1. The number of halogens is 2. The summed E-state index contributed by atoms with van der Waals surface area (Å²) in [7, 11) is 1.58. The maximum atomic E-state index is 13.8. The molecule has 2 aliphatic heterocycles. The fraction of sp³-hybridized carbons (Fsp3) is 0.800. The van der Waals surface area contributed by atoms with Gasteiger partial charge in [-0.3, -0.25) is 4.79 Å². The van der Waals surface area contributed by atoms with Gasteiger partial charge in [-0.15, -0.1) is 0 Å². The molecular weight excluding hydrogens is 366 g/mol. The fourth-order valence-electron chi connectivity index (χ4n) is 4.16. The van der Waals surface area contributed by atoms with Crippen LogP contribution in [-0.4, -0.2) is 59.9 Å². The molecular formula is C20H32F2N4O2. The third kappa shape index (κ3) is 4.47. The quantitative estimate of drug-likeness (QED) is 0.825. The number of nitrogens with zero attached hydrogens (tertiary/aromatic N) is 3. The molecule has 3 atom stereocenters. The van der Waals surface area contributed by atoms with Crippen molar-refractivity contribution in [3.05, 3.63) is 11.8 Å². The number of carbonyl (C=O) groups is 1. The lowest BCUT2D eigenvalue weighted by Gasteiger charge is -2.41. The van der Waals surface area contributed by atoms with E-state index in [0.717, 1.165) is 25.1 Å². The van der Waals surface area contributed by atoms with Crippen molar-refractivity contribution in [2.24, 2.45) is 5.92 Å². The molecule has 3 heterocycles. The smallest absolute Gasteiger partial charge is 0.260 e. The van der Waals surface area contributed by atoms with E-state index in [1.54, 1.807) is 7.11 Å². The highest BCUT2D eigenvalue weighted by Gasteiger charge is 2.39. The number of fused-ring (bicyclic) bond motifs is 1. The minimum absolute atomic E-state index is 0.0767. The van der Waals surface area contributed by atoms with Crippen molar-refractivity contribution < 1.29 is 18.3 Å². The van der Waals surface area contributed by atoms with E-state index >= 15 is 0 Å². The molecule has 3 rings (SSSR count). The first-order chi connectivity index (χ1) is 13.2. The molecule has 0 spiro atoms. The number of piperidine rings is 1. The summed E-state index contributed by atoms with van der Waals surface area (Å²) in [6.07, 6.45) is 0.0396. The highest BCUT2D eigenvalue weighted by molar-refractivity contribution is 5.76. The van der Waals surface area contributed by atoms with Crippen molar-refractivity contribution >= 4 is 11.7 Å². The normalized spacial score (nSPS) is 25.5. The van der Waals surface area contributed by atoms with Crippen molar-refractivity contribution in [2.45, 2.75) is 70.4 Å². The second-order valence-corrected chi connectivity index (χ2v) is 8.98. The van der Waals surface area contributed by atoms with Crippen LogP contribution in [0.2, 0.25) is 0 Å². The molecule has 28 heavy (non-hydrogen) atoms. The second kappa shape index (κ2) is 8.35. The second-order valence-electron chi connectivity index (χ2n) is 8.98. The van der Waals surface area contributed by atoms with Gasteiger partial charge in [-0.2, -0.15) is 5.10 Å². The van der Waals surface area contributed by atoms with Crippen LogP contribution in [0, 0.1) is 5.92 Å². The van der Waals surface area contributed by atoms with E-state index in [1.807, 2.05) is 31.7 Å². The Morgan fingerprint density at radius 2 is 2.18 bits per heavy atom. The maximum absolute atomic E-state index is 13.8. The number of hydrogen-bond donors (Lipinski definition) is 1. The predicted molar refractivity (Wildman–Crippen MR) is 104 cm³/mol. The summed E-state index contributed by atoms with van der Waals surface area (Å²) in [6, 6.07) is 0.872. The summed E-state index contributed by atoms with van der Waals surface area (Å²) in [6.45, 7) is 7.83. The molecule has 1 fully saturated rings. The average molecular weight is 398 g/mol. The molecule has 1 aromatic rings. The summed E-state index contributed by atoms with van der Waals surface area (Å²) < 4.78 is 34.1. The zero-order valence-corrected chi connectivity index (χ0v) is 17.3. The molecule has 1 N–H and O–H groups in total. The molecule has 1 amide bonds. The topological polar surface area (TPSA) is 59.4 Å². The van der Waals surface area contributed by atoms with Crippen LogP contribution in [0.15, 0.2) is 6.07 Å². The van der Waals surface area contributed by atoms with Crippen molar-refractivity contribution in [3.8, 4) is 0 Å². The van der Waals surface area contributed by atoms with E-state index in [1.165, 1.54) is 4.68 Å². The maximum Gasteiger partial charge on any atom is 0.260 e. The Morgan fingerprint density at radius 3 is 2.82 bits per heavy atom. The van der Waals surface area contributed by atoms with Crippen LogP contribution in [-0.2, 0) is 14.9 Å². The molecule has 0 aromatic carbocycles. The highest BCUT2D eigenvalue weighted by atomic mass is 19.3. The Bertz CT molecular complexity index is 686. The van der Waals surface area contributed by atoms with Crippen LogP contribution in [0.1, 0.15) is 58.2 Å². The number of methoxy groups -OCH3 is 1. The van der Waals surface area contributed by atoms with Crippen LogP contribution >= 0.6 is 0 Å². The lowest BCUT2D eigenvalue weighted by atomic mass is 9.85. The Morgan fingerprint density at radius 1 is 1.43 bits per heavy atom. The molecule has 0 bridgehead atoms. The van der Waals surface area contributed by atoms with Gasteiger partial charge in [0, 0.05) is 37.7 Å². The van der Waals surface area contributed by atoms with E-state index in [4.69, 9.17) is 4.74 Å². The number of hydrogen-bond acceptors (Lipinski definition) is 4. The SMILES string of the molecule is COCCC(=O)N1CCCC([C@@H]2C[C@H](C(F)F)n3nc(C(C)(C)C)cc3N2)C1. The van der Waals surface area contributed by atoms with Crippen LogP contribution in [0.25, 0.3) is 0 Å². The Balaban J connectivity index is 1.76. The fourth-order valence-corrected chi connectivity index (χ4v) is 4.16. The minimum Gasteiger partial charge on any atom is -0.384 e. The summed E-state index contributed by atoms with van der Waals surface area (Å²) >= 11 is 0. The molecule has 1 aromatic heterocycles. The molecule has 0 radical (unpaired) electrons. The molecule has 2 aliphatic rings. The minimum atomic E-state index is -2.47. The summed E-state index contributed by atoms with van der Waals surface area (Å²) in [5.74, 6) is 0.894. The molecule has 1 unspecified atom stereocenters. The van der Waals surface area contributed by atoms with E-state index in [-0.39, 0.29) is 23.3 Å². The Labute approximate surface area is 165 Å². The number of aromatic nitrogens is 2. The number of anilines is 1. The van der Waals surface area contributed by atoms with Crippen LogP contribution in [0.3, 0.4) is 0 Å². The lowest BCUT2D eigenvalue weighted by Crippen LogP contribution is -2.48. The zero-order valence-electron chi connectivity index (χ0n) is 17.3. The Kier molecular flexibility index (Phi) is 6.27. The molecule has 0 saturated carbocycles. The van der Waals surface area contributed by atoms with Crippen molar-refractivity contribution in [1.82, 2.24) is 14.7 Å². The molecule has 0 aliphatic carbocycles. The number of ether oxygens (including phenoxy) is 1. The molecule has 6 nitrogen and oxygen atoms in total. The van der Waals surface area contributed by atoms with Crippen molar-refractivity contribution in [1.29, 1.82) is 0 Å². The summed E-state index contributed by atoms with van der Waals surface area (Å²) in [5.41, 5.74) is 0.602. The first kappa shape index (κ1) is 21.0. The standard InChI is InChI=1S/C20H32F2N4O2/c1-20(2,3)16-11-17-23-14(10-15(19(21)22)26(17)24-16)13-6-5-8-25(12-13)18(27)7-9-28-4/h11,13-15,19,23H,5-10,12H2,1-4H3/t13?,14-,15+/m0/s1.